The van der Waals surface area contributed by atoms with E-state index in [0.29, 0.717) is 0 Å². The molecule has 0 aromatic heterocycles. The fourth-order valence-electron chi connectivity index (χ4n) is 1.81. The standard InChI is InChI=1S/C17H12Cl3FN2O5/c18-10-5-12(20)14(6-11(10)19)27-8-16(25)28-7-15(24)22-23-17(26)9-3-1-2-4-13(9)21/h1-6H,7-8H2,(H,22,24)(H,23,26). The zero-order chi connectivity index (χ0) is 20.7. The Morgan fingerprint density at radius 2 is 1.61 bits per heavy atom. The molecule has 0 saturated heterocycles. The minimum atomic E-state index is -0.877. The van der Waals surface area contributed by atoms with Crippen molar-refractivity contribution in [1.82, 2.24) is 10.9 Å². The highest BCUT2D eigenvalue weighted by Crippen LogP contribution is 2.33. The molecule has 0 aliphatic heterocycles. The molecule has 0 heterocycles. The molecule has 0 saturated carbocycles. The molecule has 7 nitrogen and oxygen atoms in total. The van der Waals surface area contributed by atoms with Gasteiger partial charge in [0.2, 0.25) is 0 Å². The van der Waals surface area contributed by atoms with Crippen LogP contribution >= 0.6 is 34.8 Å². The van der Waals surface area contributed by atoms with Crippen LogP contribution < -0.4 is 15.6 Å². The molecular formula is C17H12Cl3FN2O5. The van der Waals surface area contributed by atoms with Crippen LogP contribution in [0, 0.1) is 5.82 Å². The highest BCUT2D eigenvalue weighted by Gasteiger charge is 2.14. The largest absolute Gasteiger partial charge is 0.480 e. The van der Waals surface area contributed by atoms with Crippen LogP contribution in [0.25, 0.3) is 0 Å². The molecule has 2 aromatic carbocycles. The first-order valence-electron chi connectivity index (χ1n) is 7.54. The van der Waals surface area contributed by atoms with Crippen LogP contribution in [0.2, 0.25) is 15.1 Å². The second-order valence-corrected chi connectivity index (χ2v) is 6.35. The first-order valence-corrected chi connectivity index (χ1v) is 8.68. The van der Waals surface area contributed by atoms with Gasteiger partial charge >= 0.3 is 5.97 Å². The predicted octanol–water partition coefficient (Wildman–Crippen LogP) is 3.17. The molecular weight excluding hydrogens is 438 g/mol. The third kappa shape index (κ3) is 6.26. The third-order valence-corrected chi connectivity index (χ3v) is 4.14. The van der Waals surface area contributed by atoms with Crippen LogP contribution in [0.3, 0.4) is 0 Å². The Labute approximate surface area is 173 Å². The van der Waals surface area contributed by atoms with Gasteiger partial charge in [-0.05, 0) is 18.2 Å². The van der Waals surface area contributed by atoms with Crippen LogP contribution in [-0.2, 0) is 14.3 Å². The molecule has 2 rings (SSSR count). The van der Waals surface area contributed by atoms with Crippen molar-refractivity contribution >= 4 is 52.6 Å². The molecule has 148 valence electrons. The number of nitrogens with one attached hydrogen (secondary N) is 2. The van der Waals surface area contributed by atoms with E-state index in [9.17, 15) is 18.8 Å². The number of amides is 2. The summed E-state index contributed by atoms with van der Waals surface area (Å²) in [5.41, 5.74) is 3.72. The van der Waals surface area contributed by atoms with Crippen molar-refractivity contribution in [2.75, 3.05) is 13.2 Å². The molecule has 0 aliphatic rings. The van der Waals surface area contributed by atoms with Crippen molar-refractivity contribution in [3.63, 3.8) is 0 Å². The van der Waals surface area contributed by atoms with Crippen molar-refractivity contribution in [2.24, 2.45) is 0 Å². The summed E-state index contributed by atoms with van der Waals surface area (Å²) in [5.74, 6) is -3.23. The lowest BCUT2D eigenvalue weighted by Gasteiger charge is -2.10. The summed E-state index contributed by atoms with van der Waals surface area (Å²) in [7, 11) is 0. The summed E-state index contributed by atoms with van der Waals surface area (Å²) in [6.07, 6.45) is 0. The maximum atomic E-state index is 13.4. The fraction of sp³-hybridized carbons (Fsp3) is 0.118. The highest BCUT2D eigenvalue weighted by atomic mass is 35.5. The Morgan fingerprint density at radius 3 is 2.32 bits per heavy atom. The van der Waals surface area contributed by atoms with E-state index in [0.717, 1.165) is 6.07 Å². The van der Waals surface area contributed by atoms with Gasteiger partial charge in [0.1, 0.15) is 11.6 Å². The molecule has 2 amide bonds. The minimum absolute atomic E-state index is 0.106. The Morgan fingerprint density at radius 1 is 0.929 bits per heavy atom. The smallest absolute Gasteiger partial charge is 0.344 e. The number of hydrazine groups is 1. The molecule has 0 radical (unpaired) electrons. The number of halogens is 4. The summed E-state index contributed by atoms with van der Waals surface area (Å²) in [6.45, 7) is -1.25. The van der Waals surface area contributed by atoms with Crippen LogP contribution in [0.5, 0.6) is 5.75 Å². The third-order valence-electron chi connectivity index (χ3n) is 3.12. The van der Waals surface area contributed by atoms with Gasteiger partial charge in [-0.1, -0.05) is 46.9 Å². The number of rotatable bonds is 6. The second kappa shape index (κ2) is 10.1. The van der Waals surface area contributed by atoms with E-state index in [1.54, 1.807) is 0 Å². The molecule has 0 fully saturated rings. The zero-order valence-corrected chi connectivity index (χ0v) is 16.2. The Bertz CT molecular complexity index is 910. The first-order chi connectivity index (χ1) is 13.3. The van der Waals surface area contributed by atoms with Crippen molar-refractivity contribution in [3.05, 3.63) is 62.8 Å². The van der Waals surface area contributed by atoms with E-state index in [1.165, 1.54) is 30.3 Å². The summed E-state index contributed by atoms with van der Waals surface area (Å²) >= 11 is 17.5. The van der Waals surface area contributed by atoms with Gasteiger partial charge in [0.25, 0.3) is 11.8 Å². The van der Waals surface area contributed by atoms with Gasteiger partial charge in [-0.2, -0.15) is 0 Å². The average Bonchev–Trinajstić information content (AvgIpc) is 2.66. The predicted molar refractivity (Wildman–Crippen MR) is 99.9 cm³/mol. The number of carbonyl (C=O) groups is 3. The first kappa shape index (κ1) is 21.7. The summed E-state index contributed by atoms with van der Waals surface area (Å²) in [6, 6.07) is 7.88. The molecule has 0 spiro atoms. The fourth-order valence-corrected chi connectivity index (χ4v) is 2.41. The minimum Gasteiger partial charge on any atom is -0.480 e. The van der Waals surface area contributed by atoms with Gasteiger partial charge in [-0.15, -0.1) is 0 Å². The quantitative estimate of drug-likeness (QED) is 0.401. The Hall–Kier alpha value is -2.55. The lowest BCUT2D eigenvalue weighted by molar-refractivity contribution is -0.150. The molecule has 0 unspecified atom stereocenters. The monoisotopic (exact) mass is 448 g/mol. The van der Waals surface area contributed by atoms with Crippen molar-refractivity contribution in [3.8, 4) is 5.75 Å². The van der Waals surface area contributed by atoms with E-state index in [4.69, 9.17) is 39.5 Å². The van der Waals surface area contributed by atoms with E-state index in [1.807, 2.05) is 10.9 Å². The zero-order valence-electron chi connectivity index (χ0n) is 13.9. The molecule has 0 aliphatic carbocycles. The average molecular weight is 450 g/mol. The van der Waals surface area contributed by atoms with Crippen LogP contribution in [0.1, 0.15) is 10.4 Å². The van der Waals surface area contributed by atoms with Crippen molar-refractivity contribution in [1.29, 1.82) is 0 Å². The number of hydrogen-bond donors (Lipinski definition) is 2. The summed E-state index contributed by atoms with van der Waals surface area (Å²) in [5, 5.41) is 0.533. The van der Waals surface area contributed by atoms with Gasteiger partial charge in [0.15, 0.2) is 13.2 Å². The number of benzene rings is 2. The maximum absolute atomic E-state index is 13.4. The van der Waals surface area contributed by atoms with Gasteiger partial charge in [0.05, 0.1) is 20.6 Å². The Balaban J connectivity index is 1.74. The van der Waals surface area contributed by atoms with Crippen LogP contribution in [0.15, 0.2) is 36.4 Å². The number of esters is 1. The lowest BCUT2D eigenvalue weighted by atomic mass is 10.2. The number of hydrogen-bond acceptors (Lipinski definition) is 5. The lowest BCUT2D eigenvalue weighted by Crippen LogP contribution is -2.44. The second-order valence-electron chi connectivity index (χ2n) is 5.13. The summed E-state index contributed by atoms with van der Waals surface area (Å²) in [4.78, 5) is 34.9. The topological polar surface area (TPSA) is 93.7 Å². The maximum Gasteiger partial charge on any atom is 0.344 e. The number of ether oxygens (including phenoxy) is 2. The molecule has 0 atom stereocenters. The van der Waals surface area contributed by atoms with Gasteiger partial charge in [-0.3, -0.25) is 20.4 Å². The van der Waals surface area contributed by atoms with Crippen LogP contribution in [-0.4, -0.2) is 31.0 Å². The molecule has 0 bridgehead atoms. The Kier molecular flexibility index (Phi) is 7.86. The van der Waals surface area contributed by atoms with Crippen LogP contribution in [0.4, 0.5) is 4.39 Å². The van der Waals surface area contributed by atoms with E-state index >= 15 is 0 Å². The van der Waals surface area contributed by atoms with Crippen molar-refractivity contribution < 1.29 is 28.2 Å². The van der Waals surface area contributed by atoms with Gasteiger partial charge in [0, 0.05) is 6.07 Å². The molecule has 2 N–H and O–H groups in total. The number of carbonyl (C=O) groups excluding carboxylic acids is 3. The van der Waals surface area contributed by atoms with Gasteiger partial charge < -0.3 is 9.47 Å². The molecule has 11 heteroatoms. The van der Waals surface area contributed by atoms with E-state index in [-0.39, 0.29) is 26.4 Å². The normalized spacial score (nSPS) is 10.1. The van der Waals surface area contributed by atoms with E-state index < -0.39 is 36.8 Å². The van der Waals surface area contributed by atoms with Gasteiger partial charge in [-0.25, -0.2) is 9.18 Å². The molecule has 28 heavy (non-hydrogen) atoms. The SMILES string of the molecule is O=C(COC(=O)COc1cc(Cl)c(Cl)cc1Cl)NNC(=O)c1ccccc1F. The summed E-state index contributed by atoms with van der Waals surface area (Å²) < 4.78 is 23.3. The molecule has 2 aromatic rings. The van der Waals surface area contributed by atoms with Crippen molar-refractivity contribution in [2.45, 2.75) is 0 Å². The van der Waals surface area contributed by atoms with E-state index in [2.05, 4.69) is 4.74 Å². The highest BCUT2D eigenvalue weighted by molar-refractivity contribution is 6.43.